The summed E-state index contributed by atoms with van der Waals surface area (Å²) in [5.74, 6) is 0.0345. The zero-order valence-electron chi connectivity index (χ0n) is 10.5. The van der Waals surface area contributed by atoms with Crippen molar-refractivity contribution in [3.63, 3.8) is 0 Å². The number of nitrogens with zero attached hydrogens (tertiary/aromatic N) is 1. The first kappa shape index (κ1) is 18.4. The first-order valence-electron chi connectivity index (χ1n) is 5.06. The summed E-state index contributed by atoms with van der Waals surface area (Å²) in [6.07, 6.45) is 0. The van der Waals surface area contributed by atoms with Crippen LogP contribution in [-0.4, -0.2) is 14.5 Å². The van der Waals surface area contributed by atoms with E-state index in [-0.39, 0.29) is 9.38 Å². The first-order valence-corrected chi connectivity index (χ1v) is 6.64. The molecule has 0 heterocycles. The molecule has 0 saturated carbocycles. The molecule has 0 aliphatic carbocycles. The lowest BCUT2D eigenvalue weighted by atomic mass is 10.2. The maximum Gasteiger partial charge on any atom is 0.169 e. The van der Waals surface area contributed by atoms with Gasteiger partial charge in [0.05, 0.1) is 10.8 Å². The van der Waals surface area contributed by atoms with Crippen molar-refractivity contribution in [2.45, 2.75) is 26.4 Å². The monoisotopic (exact) mass is 339 g/mol. The number of ether oxygens (including phenoxy) is 1. The molecule has 0 aromatic heterocycles. The predicted octanol–water partition coefficient (Wildman–Crippen LogP) is 5.49. The molecule has 19 heavy (non-hydrogen) atoms. The topological polar surface area (TPSA) is 21.6 Å². The Hall–Kier alpha value is -0.580. The van der Waals surface area contributed by atoms with Crippen LogP contribution >= 0.6 is 47.6 Å². The molecule has 2 nitrogen and oxygen atoms in total. The summed E-state index contributed by atoms with van der Waals surface area (Å²) < 4.78 is 18.6. The van der Waals surface area contributed by atoms with Gasteiger partial charge in [0.25, 0.3) is 0 Å². The molecule has 0 spiro atoms. The molecule has 0 aliphatic heterocycles. The highest BCUT2D eigenvalue weighted by atomic mass is 35.5. The van der Waals surface area contributed by atoms with Crippen molar-refractivity contribution in [2.75, 3.05) is 0 Å². The molecular formula is C12H12Cl2FNOS2. The fourth-order valence-corrected chi connectivity index (χ4v) is 1.18. The SMILES string of the molecule is CC(C)(C)Oc1cc(F)cc(N=C=S)c1.S=C(Cl)Cl. The molecule has 7 heteroatoms. The van der Waals surface area contributed by atoms with Gasteiger partial charge in [0.1, 0.15) is 17.2 Å². The van der Waals surface area contributed by atoms with Crippen LogP contribution in [0.1, 0.15) is 20.8 Å². The molecule has 0 amide bonds. The maximum atomic E-state index is 13.1. The third-order valence-electron chi connectivity index (χ3n) is 1.45. The predicted molar refractivity (Wildman–Crippen MR) is 85.8 cm³/mol. The quantitative estimate of drug-likeness (QED) is 0.404. The minimum Gasteiger partial charge on any atom is -0.488 e. The number of isothiocyanates is 1. The molecular weight excluding hydrogens is 328 g/mol. The van der Waals surface area contributed by atoms with Crippen molar-refractivity contribution < 1.29 is 9.13 Å². The van der Waals surface area contributed by atoms with Crippen LogP contribution in [0.4, 0.5) is 10.1 Å². The molecule has 1 aromatic carbocycles. The molecule has 0 aliphatic rings. The summed E-state index contributed by atoms with van der Waals surface area (Å²) in [7, 11) is 0. The van der Waals surface area contributed by atoms with E-state index >= 15 is 0 Å². The largest absolute Gasteiger partial charge is 0.488 e. The van der Waals surface area contributed by atoms with E-state index in [0.29, 0.717) is 11.4 Å². The average molecular weight is 340 g/mol. The highest BCUT2D eigenvalue weighted by molar-refractivity contribution is 7.86. The summed E-state index contributed by atoms with van der Waals surface area (Å²) in [5, 5.41) is 2.19. The van der Waals surface area contributed by atoms with Gasteiger partial charge in [-0.05, 0) is 33.0 Å². The number of thiocarbonyl (C=S) groups is 2. The fourth-order valence-electron chi connectivity index (χ4n) is 1.08. The third kappa shape index (κ3) is 11.0. The number of hydrogen-bond acceptors (Lipinski definition) is 4. The Kier molecular flexibility index (Phi) is 8.30. The fraction of sp³-hybridized carbons (Fsp3) is 0.333. The van der Waals surface area contributed by atoms with E-state index in [1.807, 2.05) is 20.8 Å². The van der Waals surface area contributed by atoms with Gasteiger partial charge in [0.15, 0.2) is 3.78 Å². The van der Waals surface area contributed by atoms with Gasteiger partial charge >= 0.3 is 0 Å². The van der Waals surface area contributed by atoms with Crippen molar-refractivity contribution in [3.8, 4) is 5.75 Å². The van der Waals surface area contributed by atoms with Crippen LogP contribution in [0.2, 0.25) is 0 Å². The van der Waals surface area contributed by atoms with Gasteiger partial charge in [-0.25, -0.2) is 4.39 Å². The molecule has 0 atom stereocenters. The van der Waals surface area contributed by atoms with E-state index in [1.165, 1.54) is 12.1 Å². The molecule has 0 saturated heterocycles. The lowest BCUT2D eigenvalue weighted by Gasteiger charge is -2.21. The standard InChI is InChI=1S/C11H12FNOS.CCl2S/c1-11(2,3)14-10-5-8(12)4-9(6-10)13-7-15;2-1(3)4/h4-6H,1-3H3;. The molecule has 0 bridgehead atoms. The average Bonchev–Trinajstić information content (AvgIpc) is 2.12. The van der Waals surface area contributed by atoms with Crippen molar-refractivity contribution in [1.29, 1.82) is 0 Å². The van der Waals surface area contributed by atoms with Crippen LogP contribution in [0.5, 0.6) is 5.75 Å². The van der Waals surface area contributed by atoms with Gasteiger partial charge in [-0.15, -0.1) is 0 Å². The van der Waals surface area contributed by atoms with Crippen LogP contribution in [0, 0.1) is 5.82 Å². The van der Waals surface area contributed by atoms with Gasteiger partial charge in [-0.3, -0.25) is 0 Å². The number of hydrogen-bond donors (Lipinski definition) is 0. The Labute approximate surface area is 132 Å². The first-order chi connectivity index (χ1) is 8.64. The summed E-state index contributed by atoms with van der Waals surface area (Å²) in [5.41, 5.74) is 0.0381. The Balaban J connectivity index is 0.000000711. The summed E-state index contributed by atoms with van der Waals surface area (Å²) in [6.45, 7) is 5.67. The number of rotatable bonds is 2. The highest BCUT2D eigenvalue weighted by Crippen LogP contribution is 2.25. The van der Waals surface area contributed by atoms with Crippen LogP contribution in [0.15, 0.2) is 23.2 Å². The Morgan fingerprint density at radius 2 is 1.84 bits per heavy atom. The van der Waals surface area contributed by atoms with Gasteiger partial charge in [0.2, 0.25) is 0 Å². The Morgan fingerprint density at radius 1 is 1.32 bits per heavy atom. The second-order valence-electron chi connectivity index (χ2n) is 4.29. The molecule has 1 rings (SSSR count). The molecule has 0 unspecified atom stereocenters. The second-order valence-corrected chi connectivity index (χ2v) is 6.28. The Morgan fingerprint density at radius 3 is 2.26 bits per heavy atom. The lowest BCUT2D eigenvalue weighted by Crippen LogP contribution is -2.22. The van der Waals surface area contributed by atoms with Gasteiger partial charge in [-0.1, -0.05) is 35.4 Å². The van der Waals surface area contributed by atoms with Crippen molar-refractivity contribution in [2.24, 2.45) is 4.99 Å². The minimum atomic E-state index is -0.402. The van der Waals surface area contributed by atoms with Crippen molar-refractivity contribution in [3.05, 3.63) is 24.0 Å². The van der Waals surface area contributed by atoms with Crippen LogP contribution in [-0.2, 0) is 0 Å². The lowest BCUT2D eigenvalue weighted by molar-refractivity contribution is 0.130. The highest BCUT2D eigenvalue weighted by Gasteiger charge is 2.12. The second kappa shape index (κ2) is 8.56. The van der Waals surface area contributed by atoms with E-state index in [2.05, 4.69) is 34.6 Å². The summed E-state index contributed by atoms with van der Waals surface area (Å²) >= 11 is 18.1. The van der Waals surface area contributed by atoms with Crippen LogP contribution in [0.3, 0.4) is 0 Å². The van der Waals surface area contributed by atoms with E-state index in [9.17, 15) is 4.39 Å². The Bertz CT molecular complexity index is 493. The maximum absolute atomic E-state index is 13.1. The van der Waals surface area contributed by atoms with Crippen molar-refractivity contribution >= 4 is 62.3 Å². The molecule has 104 valence electrons. The van der Waals surface area contributed by atoms with Gasteiger partial charge in [-0.2, -0.15) is 4.99 Å². The van der Waals surface area contributed by atoms with Crippen LogP contribution in [0.25, 0.3) is 0 Å². The van der Waals surface area contributed by atoms with E-state index < -0.39 is 5.82 Å². The normalized spacial score (nSPS) is 9.79. The smallest absolute Gasteiger partial charge is 0.169 e. The molecule has 1 aromatic rings. The number of benzene rings is 1. The minimum absolute atomic E-state index is 0.0556. The molecule has 0 N–H and O–H groups in total. The van der Waals surface area contributed by atoms with Gasteiger partial charge in [0, 0.05) is 18.2 Å². The zero-order chi connectivity index (χ0) is 15.1. The summed E-state index contributed by atoms with van der Waals surface area (Å²) in [6, 6.07) is 4.20. The number of halogens is 3. The van der Waals surface area contributed by atoms with E-state index in [1.54, 1.807) is 6.07 Å². The number of aliphatic imine (C=N–C) groups is 1. The molecule has 0 radical (unpaired) electrons. The van der Waals surface area contributed by atoms with Crippen LogP contribution < -0.4 is 4.74 Å². The zero-order valence-corrected chi connectivity index (χ0v) is 13.7. The van der Waals surface area contributed by atoms with E-state index in [0.717, 1.165) is 0 Å². The van der Waals surface area contributed by atoms with Crippen molar-refractivity contribution in [1.82, 2.24) is 0 Å². The van der Waals surface area contributed by atoms with E-state index in [4.69, 9.17) is 27.9 Å². The third-order valence-corrected chi connectivity index (χ3v) is 1.55. The molecule has 0 fully saturated rings. The summed E-state index contributed by atoms with van der Waals surface area (Å²) in [4.78, 5) is 3.70. The van der Waals surface area contributed by atoms with Gasteiger partial charge < -0.3 is 4.74 Å².